The summed E-state index contributed by atoms with van der Waals surface area (Å²) in [5.74, 6) is -0.0258. The number of anilines is 1. The second-order valence-corrected chi connectivity index (χ2v) is 5.96. The summed E-state index contributed by atoms with van der Waals surface area (Å²) in [5.41, 5.74) is 2.63. The van der Waals surface area contributed by atoms with Crippen molar-refractivity contribution >= 4 is 17.6 Å². The first kappa shape index (κ1) is 19.5. The van der Waals surface area contributed by atoms with Gasteiger partial charge >= 0.3 is 5.97 Å². The molecule has 0 aromatic heterocycles. The fourth-order valence-corrected chi connectivity index (χ4v) is 2.57. The predicted molar refractivity (Wildman–Crippen MR) is 100 cm³/mol. The molecule has 0 aliphatic rings. The smallest absolute Gasteiger partial charge is 0.319 e. The van der Waals surface area contributed by atoms with E-state index in [9.17, 15) is 9.59 Å². The first-order valence-electron chi connectivity index (χ1n) is 8.29. The largest absolute Gasteiger partial charge is 0.495 e. The number of hydrogen-bond donors (Lipinski definition) is 1. The molecule has 2 aromatic rings. The molecule has 2 rings (SSSR count). The molecular formula is C20H24N2O4. The fourth-order valence-electron chi connectivity index (χ4n) is 2.57. The van der Waals surface area contributed by atoms with Crippen LogP contribution in [0.5, 0.6) is 5.75 Å². The maximum Gasteiger partial charge on any atom is 0.319 e. The van der Waals surface area contributed by atoms with Crippen LogP contribution in [-0.4, -0.2) is 44.1 Å². The lowest BCUT2D eigenvalue weighted by molar-refractivity contribution is -0.142. The Morgan fingerprint density at radius 2 is 1.77 bits per heavy atom. The summed E-state index contributed by atoms with van der Waals surface area (Å²) in [5, 5.41) is 2.85. The van der Waals surface area contributed by atoms with E-state index in [4.69, 9.17) is 9.47 Å². The van der Waals surface area contributed by atoms with Crippen molar-refractivity contribution < 1.29 is 19.1 Å². The van der Waals surface area contributed by atoms with Gasteiger partial charge in [-0.2, -0.15) is 0 Å². The summed E-state index contributed by atoms with van der Waals surface area (Å²) >= 11 is 0. The maximum absolute atomic E-state index is 12.5. The molecule has 2 aromatic carbocycles. The average Bonchev–Trinajstić information content (AvgIpc) is 2.62. The fraction of sp³-hybridized carbons (Fsp3) is 0.300. The minimum Gasteiger partial charge on any atom is -0.495 e. The second kappa shape index (κ2) is 9.58. The molecule has 6 nitrogen and oxygen atoms in total. The van der Waals surface area contributed by atoms with E-state index in [1.807, 2.05) is 49.4 Å². The van der Waals surface area contributed by atoms with Crippen LogP contribution in [0.3, 0.4) is 0 Å². The van der Waals surface area contributed by atoms with Gasteiger partial charge in [0.05, 0.1) is 33.0 Å². The molecule has 0 aliphatic heterocycles. The Morgan fingerprint density at radius 3 is 2.42 bits per heavy atom. The third-order valence-electron chi connectivity index (χ3n) is 3.83. The Morgan fingerprint density at radius 1 is 1.04 bits per heavy atom. The van der Waals surface area contributed by atoms with Crippen LogP contribution >= 0.6 is 0 Å². The highest BCUT2D eigenvalue weighted by atomic mass is 16.5. The number of carbonyl (C=O) groups is 2. The van der Waals surface area contributed by atoms with Crippen molar-refractivity contribution in [3.05, 3.63) is 59.7 Å². The summed E-state index contributed by atoms with van der Waals surface area (Å²) in [7, 11) is 2.89. The first-order valence-corrected chi connectivity index (χ1v) is 8.29. The minimum absolute atomic E-state index is 0.0315. The van der Waals surface area contributed by atoms with Gasteiger partial charge < -0.3 is 14.8 Å². The van der Waals surface area contributed by atoms with E-state index in [0.717, 1.165) is 11.1 Å². The molecule has 0 heterocycles. The van der Waals surface area contributed by atoms with Gasteiger partial charge in [0.1, 0.15) is 5.75 Å². The number of benzene rings is 2. The van der Waals surface area contributed by atoms with Gasteiger partial charge in [-0.3, -0.25) is 14.5 Å². The molecule has 0 radical (unpaired) electrons. The van der Waals surface area contributed by atoms with Crippen LogP contribution in [0.4, 0.5) is 5.69 Å². The van der Waals surface area contributed by atoms with Gasteiger partial charge in [-0.05, 0) is 30.2 Å². The van der Waals surface area contributed by atoms with E-state index in [0.29, 0.717) is 18.0 Å². The van der Waals surface area contributed by atoms with E-state index in [1.54, 1.807) is 18.1 Å². The van der Waals surface area contributed by atoms with E-state index >= 15 is 0 Å². The zero-order valence-corrected chi connectivity index (χ0v) is 15.3. The number of rotatable bonds is 8. The topological polar surface area (TPSA) is 67.9 Å². The zero-order valence-electron chi connectivity index (χ0n) is 15.3. The molecule has 0 fully saturated rings. The van der Waals surface area contributed by atoms with Gasteiger partial charge in [0.25, 0.3) is 0 Å². The highest BCUT2D eigenvalue weighted by molar-refractivity contribution is 5.94. The third kappa shape index (κ3) is 5.89. The Kier molecular flexibility index (Phi) is 7.17. The van der Waals surface area contributed by atoms with E-state index in [2.05, 4.69) is 5.32 Å². The lowest BCUT2D eigenvalue weighted by atomic mass is 10.2. The summed E-state index contributed by atoms with van der Waals surface area (Å²) in [6, 6.07) is 15.2. The van der Waals surface area contributed by atoms with Gasteiger partial charge in [0.2, 0.25) is 5.91 Å². The molecule has 1 amide bonds. The Labute approximate surface area is 153 Å². The Bertz CT molecular complexity index is 747. The standard InChI is InChI=1S/C20H24N2O4/c1-15-9-10-18(25-2)17(11-15)21-19(23)13-22(14-20(24)26-3)12-16-7-5-4-6-8-16/h4-11H,12-14H2,1-3H3,(H,21,23). The molecule has 0 spiro atoms. The van der Waals surface area contributed by atoms with Crippen molar-refractivity contribution in [1.82, 2.24) is 4.90 Å². The van der Waals surface area contributed by atoms with Gasteiger partial charge in [-0.25, -0.2) is 0 Å². The molecule has 0 aliphatic carbocycles. The highest BCUT2D eigenvalue weighted by Gasteiger charge is 2.16. The number of amides is 1. The molecule has 0 atom stereocenters. The molecule has 0 saturated carbocycles. The SMILES string of the molecule is COC(=O)CN(CC(=O)Nc1cc(C)ccc1OC)Cc1ccccc1. The molecular weight excluding hydrogens is 332 g/mol. The quantitative estimate of drug-likeness (QED) is 0.737. The Hall–Kier alpha value is -2.86. The number of nitrogens with zero attached hydrogens (tertiary/aromatic N) is 1. The number of carbonyl (C=O) groups excluding carboxylic acids is 2. The summed E-state index contributed by atoms with van der Waals surface area (Å²) in [6.45, 7) is 2.49. The van der Waals surface area contributed by atoms with Crippen LogP contribution in [0.15, 0.2) is 48.5 Å². The van der Waals surface area contributed by atoms with Crippen LogP contribution in [-0.2, 0) is 20.9 Å². The lowest BCUT2D eigenvalue weighted by Crippen LogP contribution is -2.37. The maximum atomic E-state index is 12.5. The number of ether oxygens (including phenoxy) is 2. The first-order chi connectivity index (χ1) is 12.5. The minimum atomic E-state index is -0.387. The van der Waals surface area contributed by atoms with Gasteiger partial charge in [0, 0.05) is 6.54 Å². The molecule has 0 unspecified atom stereocenters. The molecule has 0 bridgehead atoms. The normalized spacial score (nSPS) is 10.5. The lowest BCUT2D eigenvalue weighted by Gasteiger charge is -2.21. The van der Waals surface area contributed by atoms with E-state index in [-0.39, 0.29) is 25.0 Å². The highest BCUT2D eigenvalue weighted by Crippen LogP contribution is 2.25. The van der Waals surface area contributed by atoms with Crippen molar-refractivity contribution in [3.8, 4) is 5.75 Å². The number of methoxy groups -OCH3 is 2. The molecule has 0 saturated heterocycles. The monoisotopic (exact) mass is 356 g/mol. The van der Waals surface area contributed by atoms with Crippen LogP contribution in [0.25, 0.3) is 0 Å². The van der Waals surface area contributed by atoms with Crippen LogP contribution in [0.2, 0.25) is 0 Å². The van der Waals surface area contributed by atoms with Crippen molar-refractivity contribution in [2.45, 2.75) is 13.5 Å². The van der Waals surface area contributed by atoms with Crippen molar-refractivity contribution in [3.63, 3.8) is 0 Å². The van der Waals surface area contributed by atoms with Crippen LogP contribution in [0, 0.1) is 6.92 Å². The average molecular weight is 356 g/mol. The van der Waals surface area contributed by atoms with Gasteiger partial charge in [-0.1, -0.05) is 36.4 Å². The van der Waals surface area contributed by atoms with Crippen molar-refractivity contribution in [2.75, 3.05) is 32.6 Å². The van der Waals surface area contributed by atoms with E-state index < -0.39 is 0 Å². The molecule has 26 heavy (non-hydrogen) atoms. The van der Waals surface area contributed by atoms with Gasteiger partial charge in [-0.15, -0.1) is 0 Å². The third-order valence-corrected chi connectivity index (χ3v) is 3.83. The second-order valence-electron chi connectivity index (χ2n) is 5.96. The molecule has 1 N–H and O–H groups in total. The summed E-state index contributed by atoms with van der Waals surface area (Å²) < 4.78 is 10.0. The zero-order chi connectivity index (χ0) is 18.9. The molecule has 138 valence electrons. The summed E-state index contributed by atoms with van der Waals surface area (Å²) in [6.07, 6.45) is 0. The molecule has 6 heteroatoms. The Balaban J connectivity index is 2.07. The van der Waals surface area contributed by atoms with Crippen molar-refractivity contribution in [1.29, 1.82) is 0 Å². The number of aryl methyl sites for hydroxylation is 1. The van der Waals surface area contributed by atoms with Gasteiger partial charge in [0.15, 0.2) is 0 Å². The predicted octanol–water partition coefficient (Wildman–Crippen LogP) is 2.62. The van der Waals surface area contributed by atoms with Crippen LogP contribution in [0.1, 0.15) is 11.1 Å². The van der Waals surface area contributed by atoms with Crippen molar-refractivity contribution in [2.24, 2.45) is 0 Å². The van der Waals surface area contributed by atoms with E-state index in [1.165, 1.54) is 7.11 Å². The number of nitrogens with one attached hydrogen (secondary N) is 1. The van der Waals surface area contributed by atoms with Crippen LogP contribution < -0.4 is 10.1 Å². The summed E-state index contributed by atoms with van der Waals surface area (Å²) in [4.78, 5) is 25.9. The number of esters is 1. The number of hydrogen-bond acceptors (Lipinski definition) is 5.